The summed E-state index contributed by atoms with van der Waals surface area (Å²) in [6, 6.07) is 5.06. The quantitative estimate of drug-likeness (QED) is 0.835. The zero-order valence-electron chi connectivity index (χ0n) is 9.80. The van der Waals surface area contributed by atoms with E-state index in [-0.39, 0.29) is 5.82 Å². The van der Waals surface area contributed by atoms with E-state index in [2.05, 4.69) is 10.2 Å². The Hall–Kier alpha value is -0.930. The zero-order valence-corrected chi connectivity index (χ0v) is 9.80. The molecule has 1 aliphatic heterocycles. The number of nitrogens with zero attached hydrogens (tertiary/aromatic N) is 1. The van der Waals surface area contributed by atoms with Crippen molar-refractivity contribution in [3.8, 4) is 0 Å². The molecular weight excluding hydrogens is 203 g/mol. The van der Waals surface area contributed by atoms with E-state index in [9.17, 15) is 4.39 Å². The Labute approximate surface area is 96.5 Å². The molecule has 1 heterocycles. The molecule has 0 atom stereocenters. The van der Waals surface area contributed by atoms with Crippen LogP contribution in [0.3, 0.4) is 0 Å². The summed E-state index contributed by atoms with van der Waals surface area (Å²) in [6.45, 7) is 7.44. The molecule has 1 aliphatic rings. The van der Waals surface area contributed by atoms with Crippen molar-refractivity contribution in [2.75, 3.05) is 32.7 Å². The van der Waals surface area contributed by atoms with E-state index in [1.54, 1.807) is 6.07 Å². The monoisotopic (exact) mass is 222 g/mol. The van der Waals surface area contributed by atoms with E-state index in [0.717, 1.165) is 44.7 Å². The van der Waals surface area contributed by atoms with Gasteiger partial charge in [0.2, 0.25) is 0 Å². The maximum Gasteiger partial charge on any atom is 0.123 e. The van der Waals surface area contributed by atoms with E-state index in [4.69, 9.17) is 0 Å². The third-order valence-corrected chi connectivity index (χ3v) is 3.22. The van der Waals surface area contributed by atoms with Crippen LogP contribution in [0.25, 0.3) is 0 Å². The molecule has 0 amide bonds. The van der Waals surface area contributed by atoms with Gasteiger partial charge in [0.05, 0.1) is 0 Å². The van der Waals surface area contributed by atoms with Gasteiger partial charge in [0.15, 0.2) is 0 Å². The van der Waals surface area contributed by atoms with Crippen molar-refractivity contribution in [1.82, 2.24) is 10.2 Å². The Morgan fingerprint density at radius 3 is 2.81 bits per heavy atom. The Kier molecular flexibility index (Phi) is 3.91. The van der Waals surface area contributed by atoms with Gasteiger partial charge in [-0.1, -0.05) is 6.07 Å². The van der Waals surface area contributed by atoms with Crippen LogP contribution < -0.4 is 5.32 Å². The molecular formula is C13H19FN2. The molecule has 0 aromatic heterocycles. The summed E-state index contributed by atoms with van der Waals surface area (Å²) < 4.78 is 13.1. The molecule has 0 aliphatic carbocycles. The maximum atomic E-state index is 13.1. The topological polar surface area (TPSA) is 15.3 Å². The molecule has 1 aromatic rings. The fourth-order valence-electron chi connectivity index (χ4n) is 2.12. The number of aryl methyl sites for hydroxylation is 1. The van der Waals surface area contributed by atoms with Crippen molar-refractivity contribution in [2.24, 2.45) is 0 Å². The third kappa shape index (κ3) is 3.03. The van der Waals surface area contributed by atoms with Crippen LogP contribution in [0.5, 0.6) is 0 Å². The van der Waals surface area contributed by atoms with Gasteiger partial charge in [0, 0.05) is 32.7 Å². The van der Waals surface area contributed by atoms with Crippen molar-refractivity contribution in [3.63, 3.8) is 0 Å². The van der Waals surface area contributed by atoms with E-state index in [0.29, 0.717) is 0 Å². The highest BCUT2D eigenvalue weighted by atomic mass is 19.1. The summed E-state index contributed by atoms with van der Waals surface area (Å²) in [5.74, 6) is -0.124. The van der Waals surface area contributed by atoms with Gasteiger partial charge in [0.1, 0.15) is 5.82 Å². The molecule has 0 bridgehead atoms. The number of rotatable bonds is 3. The molecule has 0 radical (unpaired) electrons. The molecule has 16 heavy (non-hydrogen) atoms. The Morgan fingerprint density at radius 1 is 1.31 bits per heavy atom. The molecule has 1 saturated heterocycles. The highest BCUT2D eigenvalue weighted by molar-refractivity contribution is 5.26. The smallest absolute Gasteiger partial charge is 0.123 e. The van der Waals surface area contributed by atoms with Crippen molar-refractivity contribution in [3.05, 3.63) is 35.1 Å². The number of halogens is 1. The molecule has 88 valence electrons. The number of nitrogens with one attached hydrogen (secondary N) is 1. The number of hydrogen-bond acceptors (Lipinski definition) is 2. The lowest BCUT2D eigenvalue weighted by atomic mass is 10.1. The van der Waals surface area contributed by atoms with Gasteiger partial charge in [-0.3, -0.25) is 0 Å². The fourth-order valence-corrected chi connectivity index (χ4v) is 2.12. The molecule has 0 spiro atoms. The van der Waals surface area contributed by atoms with Crippen LogP contribution in [0.4, 0.5) is 4.39 Å². The molecule has 3 heteroatoms. The highest BCUT2D eigenvalue weighted by Gasteiger charge is 2.09. The molecule has 0 saturated carbocycles. The van der Waals surface area contributed by atoms with Crippen molar-refractivity contribution < 1.29 is 4.39 Å². The Bertz CT molecular complexity index is 346. The summed E-state index contributed by atoms with van der Waals surface area (Å²) >= 11 is 0. The second kappa shape index (κ2) is 5.41. The minimum atomic E-state index is -0.124. The van der Waals surface area contributed by atoms with E-state index < -0.39 is 0 Å². The highest BCUT2D eigenvalue weighted by Crippen LogP contribution is 2.11. The van der Waals surface area contributed by atoms with Gasteiger partial charge in [0.25, 0.3) is 0 Å². The molecule has 1 aromatic carbocycles. The fraction of sp³-hybridized carbons (Fsp3) is 0.538. The summed E-state index contributed by atoms with van der Waals surface area (Å²) in [6.07, 6.45) is 0.948. The van der Waals surface area contributed by atoms with Gasteiger partial charge in [-0.25, -0.2) is 4.39 Å². The standard InChI is InChI=1S/C13H19FN2/c1-11-2-3-13(14)10-12(11)4-7-16-8-5-15-6-9-16/h2-3,10,15H,4-9H2,1H3. The molecule has 2 rings (SSSR count). The number of benzene rings is 1. The minimum Gasteiger partial charge on any atom is -0.314 e. The lowest BCUT2D eigenvalue weighted by Gasteiger charge is -2.27. The van der Waals surface area contributed by atoms with Crippen LogP contribution in [-0.4, -0.2) is 37.6 Å². The normalized spacial score (nSPS) is 17.6. The van der Waals surface area contributed by atoms with Gasteiger partial charge in [-0.2, -0.15) is 0 Å². The van der Waals surface area contributed by atoms with Gasteiger partial charge in [-0.05, 0) is 36.6 Å². The minimum absolute atomic E-state index is 0.124. The summed E-state index contributed by atoms with van der Waals surface area (Å²) in [4.78, 5) is 2.43. The Balaban J connectivity index is 1.90. The second-order valence-corrected chi connectivity index (χ2v) is 4.41. The van der Waals surface area contributed by atoms with Gasteiger partial charge < -0.3 is 10.2 Å². The lowest BCUT2D eigenvalue weighted by molar-refractivity contribution is 0.243. The average molecular weight is 222 g/mol. The predicted molar refractivity (Wildman–Crippen MR) is 64.2 cm³/mol. The molecule has 1 fully saturated rings. The van der Waals surface area contributed by atoms with Gasteiger partial charge >= 0.3 is 0 Å². The molecule has 0 unspecified atom stereocenters. The lowest BCUT2D eigenvalue weighted by Crippen LogP contribution is -2.44. The largest absolute Gasteiger partial charge is 0.314 e. The SMILES string of the molecule is Cc1ccc(F)cc1CCN1CCNCC1. The summed E-state index contributed by atoms with van der Waals surface area (Å²) in [7, 11) is 0. The van der Waals surface area contributed by atoms with Crippen LogP contribution in [0, 0.1) is 12.7 Å². The van der Waals surface area contributed by atoms with Gasteiger partial charge in [-0.15, -0.1) is 0 Å². The van der Waals surface area contributed by atoms with E-state index in [1.807, 2.05) is 13.0 Å². The first kappa shape index (κ1) is 11.6. The third-order valence-electron chi connectivity index (χ3n) is 3.22. The Morgan fingerprint density at radius 2 is 2.06 bits per heavy atom. The van der Waals surface area contributed by atoms with Crippen LogP contribution in [0.2, 0.25) is 0 Å². The average Bonchev–Trinajstić information content (AvgIpc) is 2.32. The van der Waals surface area contributed by atoms with Crippen LogP contribution in [0.1, 0.15) is 11.1 Å². The summed E-state index contributed by atoms with van der Waals surface area (Å²) in [5, 5.41) is 3.33. The van der Waals surface area contributed by atoms with Crippen LogP contribution >= 0.6 is 0 Å². The first-order valence-corrected chi connectivity index (χ1v) is 5.94. The molecule has 1 N–H and O–H groups in total. The first-order chi connectivity index (χ1) is 7.75. The van der Waals surface area contributed by atoms with E-state index >= 15 is 0 Å². The van der Waals surface area contributed by atoms with Crippen molar-refractivity contribution in [1.29, 1.82) is 0 Å². The number of hydrogen-bond donors (Lipinski definition) is 1. The molecule has 2 nitrogen and oxygen atoms in total. The predicted octanol–water partition coefficient (Wildman–Crippen LogP) is 1.58. The second-order valence-electron chi connectivity index (χ2n) is 4.41. The number of piperazine rings is 1. The first-order valence-electron chi connectivity index (χ1n) is 5.94. The van der Waals surface area contributed by atoms with Crippen molar-refractivity contribution >= 4 is 0 Å². The van der Waals surface area contributed by atoms with Crippen LogP contribution in [-0.2, 0) is 6.42 Å². The van der Waals surface area contributed by atoms with E-state index in [1.165, 1.54) is 11.6 Å². The summed E-state index contributed by atoms with van der Waals surface area (Å²) in [5.41, 5.74) is 2.33. The van der Waals surface area contributed by atoms with Crippen LogP contribution in [0.15, 0.2) is 18.2 Å². The maximum absolute atomic E-state index is 13.1. The zero-order chi connectivity index (χ0) is 11.4. The van der Waals surface area contributed by atoms with Crippen molar-refractivity contribution in [2.45, 2.75) is 13.3 Å².